The summed E-state index contributed by atoms with van der Waals surface area (Å²) in [6.07, 6.45) is 3.94. The molecule has 0 amide bonds. The van der Waals surface area contributed by atoms with Crippen LogP contribution in [0.25, 0.3) is 0 Å². The third-order valence-electron chi connectivity index (χ3n) is 3.16. The highest BCUT2D eigenvalue weighted by Crippen LogP contribution is 2.39. The summed E-state index contributed by atoms with van der Waals surface area (Å²) in [5, 5.41) is 18.4. The number of rotatable bonds is 2. The molecule has 2 nitrogen and oxygen atoms in total. The maximum atomic E-state index is 9.21. The zero-order valence-corrected chi connectivity index (χ0v) is 7.88. The van der Waals surface area contributed by atoms with E-state index in [1.165, 1.54) is 5.57 Å². The highest BCUT2D eigenvalue weighted by molar-refractivity contribution is 5.09. The van der Waals surface area contributed by atoms with Gasteiger partial charge in [0, 0.05) is 5.41 Å². The van der Waals surface area contributed by atoms with Crippen LogP contribution in [0.5, 0.6) is 0 Å². The van der Waals surface area contributed by atoms with Gasteiger partial charge in [-0.1, -0.05) is 18.6 Å². The molecule has 1 aliphatic carbocycles. The Bertz CT molecular complexity index is 180. The topological polar surface area (TPSA) is 40.5 Å². The second-order valence-corrected chi connectivity index (χ2v) is 4.04. The fourth-order valence-corrected chi connectivity index (χ4v) is 1.85. The van der Waals surface area contributed by atoms with E-state index in [0.29, 0.717) is 5.92 Å². The summed E-state index contributed by atoms with van der Waals surface area (Å²) in [5.74, 6) is 0.387. The molecule has 0 heterocycles. The van der Waals surface area contributed by atoms with Crippen molar-refractivity contribution in [3.63, 3.8) is 0 Å². The first-order valence-corrected chi connectivity index (χ1v) is 4.52. The van der Waals surface area contributed by atoms with Crippen molar-refractivity contribution in [2.45, 2.75) is 26.7 Å². The van der Waals surface area contributed by atoms with Crippen LogP contribution < -0.4 is 0 Å². The van der Waals surface area contributed by atoms with Crippen LogP contribution in [0.1, 0.15) is 26.7 Å². The summed E-state index contributed by atoms with van der Waals surface area (Å²) in [4.78, 5) is 0. The van der Waals surface area contributed by atoms with Gasteiger partial charge in [0.1, 0.15) is 0 Å². The van der Waals surface area contributed by atoms with Gasteiger partial charge in [-0.05, 0) is 25.7 Å². The standard InChI is InChI=1S/C10H18O2/c1-8-3-4-10(6-11,7-12)9(2)5-8/h3,9,11-12H,4-7H2,1-2H3. The van der Waals surface area contributed by atoms with E-state index in [1.54, 1.807) is 0 Å². The normalized spacial score (nSPS) is 28.3. The van der Waals surface area contributed by atoms with Crippen molar-refractivity contribution < 1.29 is 10.2 Å². The molecular formula is C10H18O2. The van der Waals surface area contributed by atoms with Crippen molar-refractivity contribution in [3.8, 4) is 0 Å². The lowest BCUT2D eigenvalue weighted by molar-refractivity contribution is 0.00747. The van der Waals surface area contributed by atoms with Crippen LogP contribution >= 0.6 is 0 Å². The van der Waals surface area contributed by atoms with Crippen molar-refractivity contribution >= 4 is 0 Å². The van der Waals surface area contributed by atoms with E-state index in [9.17, 15) is 10.2 Å². The lowest BCUT2D eigenvalue weighted by atomic mass is 9.69. The Morgan fingerprint density at radius 1 is 1.50 bits per heavy atom. The molecule has 0 aromatic carbocycles. The van der Waals surface area contributed by atoms with Gasteiger partial charge >= 0.3 is 0 Å². The van der Waals surface area contributed by atoms with Crippen LogP contribution in [-0.2, 0) is 0 Å². The molecule has 1 aliphatic rings. The lowest BCUT2D eigenvalue weighted by Gasteiger charge is -2.38. The Labute approximate surface area is 73.9 Å². The van der Waals surface area contributed by atoms with Crippen LogP contribution in [0.2, 0.25) is 0 Å². The lowest BCUT2D eigenvalue weighted by Crippen LogP contribution is -2.38. The summed E-state index contributed by atoms with van der Waals surface area (Å²) in [6.45, 7) is 4.39. The maximum absolute atomic E-state index is 9.21. The van der Waals surface area contributed by atoms with Gasteiger partial charge in [-0.3, -0.25) is 0 Å². The predicted molar refractivity (Wildman–Crippen MR) is 48.8 cm³/mol. The smallest absolute Gasteiger partial charge is 0.0515 e. The Hall–Kier alpha value is -0.340. The minimum Gasteiger partial charge on any atom is -0.396 e. The molecule has 1 rings (SSSR count). The average molecular weight is 170 g/mol. The van der Waals surface area contributed by atoms with E-state index in [-0.39, 0.29) is 18.6 Å². The minimum atomic E-state index is -0.264. The minimum absolute atomic E-state index is 0.0917. The summed E-state index contributed by atoms with van der Waals surface area (Å²) < 4.78 is 0. The van der Waals surface area contributed by atoms with E-state index in [0.717, 1.165) is 12.8 Å². The molecule has 1 atom stereocenters. The first-order valence-electron chi connectivity index (χ1n) is 4.52. The SMILES string of the molecule is CC1=CCC(CO)(CO)C(C)C1. The van der Waals surface area contributed by atoms with Crippen LogP contribution in [0.15, 0.2) is 11.6 Å². The number of aliphatic hydroxyl groups excluding tert-OH is 2. The zero-order valence-electron chi connectivity index (χ0n) is 7.88. The highest BCUT2D eigenvalue weighted by atomic mass is 16.3. The Morgan fingerprint density at radius 3 is 2.50 bits per heavy atom. The summed E-state index contributed by atoms with van der Waals surface area (Å²) >= 11 is 0. The molecule has 70 valence electrons. The Kier molecular flexibility index (Phi) is 2.91. The van der Waals surface area contributed by atoms with Crippen LogP contribution in [-0.4, -0.2) is 23.4 Å². The number of hydrogen-bond acceptors (Lipinski definition) is 2. The monoisotopic (exact) mass is 170 g/mol. The van der Waals surface area contributed by atoms with Crippen molar-refractivity contribution in [2.75, 3.05) is 13.2 Å². The summed E-state index contributed by atoms with van der Waals surface area (Å²) in [5.41, 5.74) is 1.11. The average Bonchev–Trinajstić information content (AvgIpc) is 2.06. The van der Waals surface area contributed by atoms with Crippen molar-refractivity contribution in [1.29, 1.82) is 0 Å². The molecule has 0 radical (unpaired) electrons. The summed E-state index contributed by atoms with van der Waals surface area (Å²) in [6, 6.07) is 0. The fraction of sp³-hybridized carbons (Fsp3) is 0.800. The van der Waals surface area contributed by atoms with Gasteiger partial charge in [-0.25, -0.2) is 0 Å². The molecule has 0 saturated carbocycles. The van der Waals surface area contributed by atoms with Gasteiger partial charge in [0.05, 0.1) is 13.2 Å². The van der Waals surface area contributed by atoms with Gasteiger partial charge in [0.2, 0.25) is 0 Å². The molecule has 1 unspecified atom stereocenters. The van der Waals surface area contributed by atoms with E-state index < -0.39 is 0 Å². The van der Waals surface area contributed by atoms with Gasteiger partial charge in [0.25, 0.3) is 0 Å². The van der Waals surface area contributed by atoms with Crippen molar-refractivity contribution in [3.05, 3.63) is 11.6 Å². The van der Waals surface area contributed by atoms with E-state index in [1.807, 2.05) is 0 Å². The van der Waals surface area contributed by atoms with Crippen LogP contribution in [0.4, 0.5) is 0 Å². The third-order valence-corrected chi connectivity index (χ3v) is 3.16. The van der Waals surface area contributed by atoms with Gasteiger partial charge in [-0.2, -0.15) is 0 Å². The number of hydrogen-bond donors (Lipinski definition) is 2. The largest absolute Gasteiger partial charge is 0.396 e. The predicted octanol–water partition coefficient (Wildman–Crippen LogP) is 1.33. The molecule has 2 heteroatoms. The molecule has 0 aliphatic heterocycles. The molecule has 0 bridgehead atoms. The van der Waals surface area contributed by atoms with E-state index >= 15 is 0 Å². The maximum Gasteiger partial charge on any atom is 0.0515 e. The molecular weight excluding hydrogens is 152 g/mol. The summed E-state index contributed by atoms with van der Waals surface area (Å²) in [7, 11) is 0. The highest BCUT2D eigenvalue weighted by Gasteiger charge is 2.36. The quantitative estimate of drug-likeness (QED) is 0.614. The fourth-order valence-electron chi connectivity index (χ4n) is 1.85. The molecule has 0 aromatic rings. The Morgan fingerprint density at radius 2 is 2.08 bits per heavy atom. The van der Waals surface area contributed by atoms with Gasteiger partial charge < -0.3 is 10.2 Å². The number of allylic oxidation sites excluding steroid dienone is 2. The van der Waals surface area contributed by atoms with Gasteiger partial charge in [0.15, 0.2) is 0 Å². The third kappa shape index (κ3) is 1.54. The van der Waals surface area contributed by atoms with E-state index in [2.05, 4.69) is 19.9 Å². The van der Waals surface area contributed by atoms with E-state index in [4.69, 9.17) is 0 Å². The molecule has 0 spiro atoms. The van der Waals surface area contributed by atoms with Crippen LogP contribution in [0.3, 0.4) is 0 Å². The van der Waals surface area contributed by atoms with Crippen molar-refractivity contribution in [2.24, 2.45) is 11.3 Å². The number of aliphatic hydroxyl groups is 2. The zero-order chi connectivity index (χ0) is 9.19. The van der Waals surface area contributed by atoms with Crippen molar-refractivity contribution in [1.82, 2.24) is 0 Å². The molecule has 12 heavy (non-hydrogen) atoms. The first-order chi connectivity index (χ1) is 5.64. The molecule has 0 saturated heterocycles. The second-order valence-electron chi connectivity index (χ2n) is 4.04. The van der Waals surface area contributed by atoms with Gasteiger partial charge in [-0.15, -0.1) is 0 Å². The molecule has 2 N–H and O–H groups in total. The molecule has 0 aromatic heterocycles. The molecule has 0 fully saturated rings. The van der Waals surface area contributed by atoms with Crippen LogP contribution in [0, 0.1) is 11.3 Å². The first kappa shape index (κ1) is 9.75. The second kappa shape index (κ2) is 3.58. The Balaban J connectivity index is 2.78.